The first-order chi connectivity index (χ1) is 35.0. The van der Waals surface area contributed by atoms with Crippen LogP contribution in [0.4, 0.5) is 0 Å². The summed E-state index contributed by atoms with van der Waals surface area (Å²) in [6.07, 6.45) is 17.4. The number of rotatable bonds is 33. The van der Waals surface area contributed by atoms with E-state index < -0.39 is 71.8 Å². The van der Waals surface area contributed by atoms with Gasteiger partial charge in [0.1, 0.15) is 30.5 Å². The van der Waals surface area contributed by atoms with E-state index in [4.69, 9.17) is 28.6 Å². The molecule has 20 nitrogen and oxygen atoms in total. The Morgan fingerprint density at radius 3 is 2.10 bits per heavy atom. The Hall–Kier alpha value is -6.08. The molecule has 0 unspecified atom stereocenters. The molecule has 408 valence electrons. The van der Waals surface area contributed by atoms with Crippen LogP contribution in [0, 0.1) is 0 Å². The number of carbonyl (C=O) groups excluding carboxylic acids is 9. The van der Waals surface area contributed by atoms with Crippen molar-refractivity contribution in [2.45, 2.75) is 213 Å². The number of aliphatic imine (C=N–C) groups is 1. The van der Waals surface area contributed by atoms with Gasteiger partial charge in [0, 0.05) is 27.2 Å². The molecule has 73 heavy (non-hydrogen) atoms. The lowest BCUT2D eigenvalue weighted by Crippen LogP contribution is -2.49. The molecule has 1 aromatic carbocycles. The summed E-state index contributed by atoms with van der Waals surface area (Å²) in [5.74, 6) is -5.85. The van der Waals surface area contributed by atoms with Gasteiger partial charge in [0.25, 0.3) is 11.8 Å². The molecular formula is C53H81N5O15. The van der Waals surface area contributed by atoms with Crippen LogP contribution in [0.15, 0.2) is 23.2 Å². The van der Waals surface area contributed by atoms with E-state index in [-0.39, 0.29) is 87.1 Å². The molecule has 0 aromatic heterocycles. The molecule has 0 radical (unpaired) electrons. The van der Waals surface area contributed by atoms with Crippen LogP contribution in [0.3, 0.4) is 0 Å². The third kappa shape index (κ3) is 24.0. The summed E-state index contributed by atoms with van der Waals surface area (Å²) in [6.45, 7) is 9.39. The minimum atomic E-state index is -1.28. The highest BCUT2D eigenvalue weighted by Crippen LogP contribution is 2.26. The quantitative estimate of drug-likeness (QED) is 0.0300. The lowest BCUT2D eigenvalue weighted by atomic mass is 10.0. The fourth-order valence-corrected chi connectivity index (χ4v) is 8.26. The van der Waals surface area contributed by atoms with Gasteiger partial charge in [-0.15, -0.1) is 0 Å². The van der Waals surface area contributed by atoms with Crippen LogP contribution < -0.4 is 15.4 Å². The first-order valence-corrected chi connectivity index (χ1v) is 26.5. The van der Waals surface area contributed by atoms with Gasteiger partial charge in [-0.2, -0.15) is 10.1 Å². The second-order valence-corrected chi connectivity index (χ2v) is 18.8. The van der Waals surface area contributed by atoms with E-state index in [0.29, 0.717) is 32.1 Å². The molecule has 0 bridgehead atoms. The summed E-state index contributed by atoms with van der Waals surface area (Å²) >= 11 is 0. The molecule has 20 heteroatoms. The molecule has 2 N–H and O–H groups in total. The zero-order chi connectivity index (χ0) is 53.5. The summed E-state index contributed by atoms with van der Waals surface area (Å²) in [5.41, 5.74) is 0.306. The number of ether oxygens (including phenoxy) is 4. The Morgan fingerprint density at radius 2 is 1.47 bits per heavy atom. The monoisotopic (exact) mass is 1030 g/mol. The topological polar surface area (TPSA) is 252 Å². The standard InChI is InChI=1S/C53H81N5O15/c1-7-9-11-12-13-14-15-16-17-18-19-20-21-28-48(63)57(72-39(5)60)31-24-23-27-44(53(67)70-37(3)34-47(62)54-43-26-22-25-32-58(51(43)65)73-40(6)61)55-49(64)45-36-69-50(56-45)42-30-29-41(35-46(42)71-38(4)59)52(66)68-33-10-8-2/h29-30,35,37,43-45H,7-28,31-34,36H2,1-6H3,(H,54,62)(H,55,64)/t37-,43+,44+,45+/m1/s1. The van der Waals surface area contributed by atoms with Crippen molar-refractivity contribution in [2.24, 2.45) is 4.99 Å². The Bertz CT molecular complexity index is 2010. The fraction of sp³-hybridized carbons (Fsp3) is 0.698. The molecule has 2 aliphatic heterocycles. The molecule has 4 atom stereocenters. The highest BCUT2D eigenvalue weighted by atomic mass is 16.7. The summed E-state index contributed by atoms with van der Waals surface area (Å²) in [7, 11) is 0. The first kappa shape index (κ1) is 61.2. The number of hydrogen-bond acceptors (Lipinski definition) is 16. The van der Waals surface area contributed by atoms with Gasteiger partial charge in [-0.05, 0) is 76.5 Å². The van der Waals surface area contributed by atoms with E-state index >= 15 is 0 Å². The zero-order valence-corrected chi connectivity index (χ0v) is 44.1. The third-order valence-corrected chi connectivity index (χ3v) is 12.1. The van der Waals surface area contributed by atoms with Crippen molar-refractivity contribution in [1.82, 2.24) is 20.8 Å². The van der Waals surface area contributed by atoms with Crippen LogP contribution in [-0.4, -0.2) is 120 Å². The largest absolute Gasteiger partial charge is 0.475 e. The summed E-state index contributed by atoms with van der Waals surface area (Å²) in [6, 6.07) is 0.799. The van der Waals surface area contributed by atoms with Gasteiger partial charge in [-0.1, -0.05) is 97.3 Å². The lowest BCUT2D eigenvalue weighted by Gasteiger charge is -2.24. The number of hydroxylamine groups is 4. The number of hydrogen-bond donors (Lipinski definition) is 2. The number of esters is 3. The van der Waals surface area contributed by atoms with Crippen molar-refractivity contribution < 1.29 is 71.8 Å². The molecule has 0 aliphatic carbocycles. The molecule has 4 amide bonds. The van der Waals surface area contributed by atoms with Crippen LogP contribution >= 0.6 is 0 Å². The molecule has 0 saturated carbocycles. The van der Waals surface area contributed by atoms with E-state index in [9.17, 15) is 43.2 Å². The maximum Gasteiger partial charge on any atom is 0.338 e. The van der Waals surface area contributed by atoms with Crippen LogP contribution in [0.5, 0.6) is 5.75 Å². The van der Waals surface area contributed by atoms with Crippen molar-refractivity contribution in [1.29, 1.82) is 0 Å². The van der Waals surface area contributed by atoms with Gasteiger partial charge in [0.2, 0.25) is 17.7 Å². The maximum absolute atomic E-state index is 13.8. The minimum Gasteiger partial charge on any atom is -0.475 e. The molecular weight excluding hydrogens is 947 g/mol. The van der Waals surface area contributed by atoms with Crippen LogP contribution in [0.25, 0.3) is 0 Å². The molecule has 1 fully saturated rings. The number of nitrogens with one attached hydrogen (secondary N) is 2. The summed E-state index contributed by atoms with van der Waals surface area (Å²) < 4.78 is 22.1. The van der Waals surface area contributed by atoms with Crippen molar-refractivity contribution in [3.63, 3.8) is 0 Å². The van der Waals surface area contributed by atoms with Crippen molar-refractivity contribution in [2.75, 3.05) is 26.3 Å². The van der Waals surface area contributed by atoms with E-state index in [1.165, 1.54) is 104 Å². The van der Waals surface area contributed by atoms with Gasteiger partial charge in [0.15, 0.2) is 6.04 Å². The number of unbranched alkanes of at least 4 members (excludes halogenated alkanes) is 14. The molecule has 3 rings (SSSR count). The van der Waals surface area contributed by atoms with Gasteiger partial charge < -0.3 is 39.3 Å². The van der Waals surface area contributed by atoms with Crippen molar-refractivity contribution in [3.8, 4) is 5.75 Å². The zero-order valence-electron chi connectivity index (χ0n) is 44.1. The van der Waals surface area contributed by atoms with Crippen molar-refractivity contribution >= 4 is 59.4 Å². The Morgan fingerprint density at radius 1 is 0.808 bits per heavy atom. The Kier molecular flexibility index (Phi) is 28.8. The van der Waals surface area contributed by atoms with Crippen molar-refractivity contribution in [3.05, 3.63) is 29.3 Å². The minimum absolute atomic E-state index is 0.00355. The van der Waals surface area contributed by atoms with E-state index in [1.807, 2.05) is 6.92 Å². The third-order valence-electron chi connectivity index (χ3n) is 12.1. The molecule has 2 heterocycles. The number of benzene rings is 1. The SMILES string of the molecule is CCCCCCCCCCCCCCCC(=O)N(CCCC[C@H](NC(=O)[C@@H]1COC(c2ccc(C(=O)OCCCC)cc2OC(C)=O)=N1)C(=O)O[C@H](C)CC(=O)N[C@H]1CCCCN(OC(C)=O)C1=O)OC(C)=O. The lowest BCUT2D eigenvalue weighted by molar-refractivity contribution is -0.196. The highest BCUT2D eigenvalue weighted by molar-refractivity contribution is 6.02. The van der Waals surface area contributed by atoms with Crippen LogP contribution in [0.2, 0.25) is 0 Å². The number of nitrogens with zero attached hydrogens (tertiary/aromatic N) is 3. The number of amides is 4. The predicted octanol–water partition coefficient (Wildman–Crippen LogP) is 7.45. The summed E-state index contributed by atoms with van der Waals surface area (Å²) in [4.78, 5) is 130. The van der Waals surface area contributed by atoms with Crippen LogP contribution in [0.1, 0.15) is 205 Å². The average Bonchev–Trinajstić information content (AvgIpc) is 3.77. The predicted molar refractivity (Wildman–Crippen MR) is 268 cm³/mol. The number of carbonyl (C=O) groups is 9. The fourth-order valence-electron chi connectivity index (χ4n) is 8.26. The van der Waals surface area contributed by atoms with E-state index in [2.05, 4.69) is 22.5 Å². The second kappa shape index (κ2) is 34.4. The normalized spacial score (nSPS) is 16.2. The second-order valence-electron chi connectivity index (χ2n) is 18.8. The van der Waals surface area contributed by atoms with Gasteiger partial charge >= 0.3 is 29.8 Å². The highest BCUT2D eigenvalue weighted by Gasteiger charge is 2.34. The molecule has 1 aromatic rings. The van der Waals surface area contributed by atoms with E-state index in [1.54, 1.807) is 0 Å². The smallest absolute Gasteiger partial charge is 0.338 e. The van der Waals surface area contributed by atoms with Gasteiger partial charge in [0.05, 0.1) is 37.2 Å². The van der Waals surface area contributed by atoms with Crippen LogP contribution in [-0.2, 0) is 62.2 Å². The summed E-state index contributed by atoms with van der Waals surface area (Å²) in [5, 5.41) is 7.31. The first-order valence-electron chi connectivity index (χ1n) is 26.5. The van der Waals surface area contributed by atoms with Gasteiger partial charge in [-0.3, -0.25) is 33.6 Å². The molecule has 1 saturated heterocycles. The Balaban J connectivity index is 1.67. The maximum atomic E-state index is 13.8. The van der Waals surface area contributed by atoms with E-state index in [0.717, 1.165) is 35.8 Å². The average molecular weight is 1030 g/mol. The Labute approximate surface area is 430 Å². The molecule has 2 aliphatic rings. The van der Waals surface area contributed by atoms with Gasteiger partial charge in [-0.25, -0.2) is 14.6 Å². The molecule has 0 spiro atoms.